The predicted molar refractivity (Wildman–Crippen MR) is 62.3 cm³/mol. The van der Waals surface area contributed by atoms with Crippen LogP contribution in [0, 0.1) is 6.92 Å². The van der Waals surface area contributed by atoms with Gasteiger partial charge in [-0.05, 0) is 49.4 Å². The zero-order valence-corrected chi connectivity index (χ0v) is 10.2. The molecule has 0 atom stereocenters. The molecular formula is C11H14F3NOS. The SMILES string of the molecule is Cc1cc(OC(F)(F)F)cc(SCCCN)c1. The lowest BCUT2D eigenvalue weighted by Crippen LogP contribution is -2.17. The van der Waals surface area contributed by atoms with Gasteiger partial charge >= 0.3 is 6.36 Å². The van der Waals surface area contributed by atoms with Crippen molar-refractivity contribution in [1.82, 2.24) is 0 Å². The van der Waals surface area contributed by atoms with E-state index in [9.17, 15) is 13.2 Å². The Balaban J connectivity index is 2.72. The van der Waals surface area contributed by atoms with Crippen molar-refractivity contribution in [2.24, 2.45) is 5.73 Å². The van der Waals surface area contributed by atoms with E-state index in [4.69, 9.17) is 5.73 Å². The molecule has 0 saturated carbocycles. The van der Waals surface area contributed by atoms with Gasteiger partial charge in [0.05, 0.1) is 0 Å². The summed E-state index contributed by atoms with van der Waals surface area (Å²) in [5, 5.41) is 0. The molecule has 1 aromatic rings. The molecule has 2 N–H and O–H groups in total. The third-order valence-electron chi connectivity index (χ3n) is 1.88. The van der Waals surface area contributed by atoms with E-state index in [-0.39, 0.29) is 5.75 Å². The molecule has 0 aliphatic rings. The molecule has 0 amide bonds. The lowest BCUT2D eigenvalue weighted by atomic mass is 10.2. The van der Waals surface area contributed by atoms with E-state index in [2.05, 4.69) is 4.74 Å². The van der Waals surface area contributed by atoms with Crippen LogP contribution in [-0.4, -0.2) is 18.7 Å². The molecule has 1 aromatic carbocycles. The van der Waals surface area contributed by atoms with Crippen LogP contribution in [0.15, 0.2) is 23.1 Å². The van der Waals surface area contributed by atoms with Crippen LogP contribution in [0.3, 0.4) is 0 Å². The Kier molecular flexibility index (Phi) is 5.14. The summed E-state index contributed by atoms with van der Waals surface area (Å²) in [6.07, 6.45) is -3.82. The maximum atomic E-state index is 12.1. The van der Waals surface area contributed by atoms with Crippen LogP contribution >= 0.6 is 11.8 Å². The Morgan fingerprint density at radius 3 is 2.59 bits per heavy atom. The molecule has 0 heterocycles. The van der Waals surface area contributed by atoms with E-state index >= 15 is 0 Å². The highest BCUT2D eigenvalue weighted by Crippen LogP contribution is 2.29. The summed E-state index contributed by atoms with van der Waals surface area (Å²) in [4.78, 5) is 0.762. The first-order chi connectivity index (χ1) is 7.90. The molecular weight excluding hydrogens is 251 g/mol. The number of rotatable bonds is 5. The van der Waals surface area contributed by atoms with Gasteiger partial charge in [-0.1, -0.05) is 0 Å². The Bertz CT molecular complexity index is 368. The molecule has 0 fully saturated rings. The van der Waals surface area contributed by atoms with Crippen LogP contribution < -0.4 is 10.5 Å². The van der Waals surface area contributed by atoms with Gasteiger partial charge in [-0.3, -0.25) is 0 Å². The average Bonchev–Trinajstić information content (AvgIpc) is 2.14. The fraction of sp³-hybridized carbons (Fsp3) is 0.455. The minimum atomic E-state index is -4.65. The van der Waals surface area contributed by atoms with Crippen molar-refractivity contribution in [2.45, 2.75) is 24.6 Å². The van der Waals surface area contributed by atoms with Gasteiger partial charge in [-0.2, -0.15) is 0 Å². The summed E-state index contributed by atoms with van der Waals surface area (Å²) in [5.74, 6) is 0.610. The predicted octanol–water partition coefficient (Wildman–Crippen LogP) is 3.33. The largest absolute Gasteiger partial charge is 0.573 e. The number of ether oxygens (including phenoxy) is 1. The number of aryl methyl sites for hydroxylation is 1. The third kappa shape index (κ3) is 5.83. The minimum absolute atomic E-state index is 0.173. The van der Waals surface area contributed by atoms with Gasteiger partial charge in [0.25, 0.3) is 0 Å². The van der Waals surface area contributed by atoms with Gasteiger partial charge in [-0.15, -0.1) is 24.9 Å². The molecule has 0 unspecified atom stereocenters. The van der Waals surface area contributed by atoms with Gasteiger partial charge < -0.3 is 10.5 Å². The first-order valence-electron chi connectivity index (χ1n) is 5.11. The first kappa shape index (κ1) is 14.2. The summed E-state index contributed by atoms with van der Waals surface area (Å²) < 4.78 is 40.1. The summed E-state index contributed by atoms with van der Waals surface area (Å²) in [7, 11) is 0. The quantitative estimate of drug-likeness (QED) is 0.655. The molecule has 0 aliphatic carbocycles. The molecule has 0 bridgehead atoms. The number of halogens is 3. The van der Waals surface area contributed by atoms with Crippen molar-refractivity contribution < 1.29 is 17.9 Å². The van der Waals surface area contributed by atoms with E-state index in [1.807, 2.05) is 6.07 Å². The normalized spacial score (nSPS) is 11.6. The van der Waals surface area contributed by atoms with E-state index in [0.29, 0.717) is 6.54 Å². The zero-order chi connectivity index (χ0) is 12.9. The highest BCUT2D eigenvalue weighted by Gasteiger charge is 2.31. The van der Waals surface area contributed by atoms with Gasteiger partial charge in [-0.25, -0.2) is 0 Å². The third-order valence-corrected chi connectivity index (χ3v) is 2.94. The molecule has 2 nitrogen and oxygen atoms in total. The van der Waals surface area contributed by atoms with Crippen molar-refractivity contribution in [3.63, 3.8) is 0 Å². The lowest BCUT2D eigenvalue weighted by Gasteiger charge is -2.11. The zero-order valence-electron chi connectivity index (χ0n) is 9.38. The number of benzene rings is 1. The number of hydrogen-bond acceptors (Lipinski definition) is 3. The number of thioether (sulfide) groups is 1. The van der Waals surface area contributed by atoms with Gasteiger partial charge in [0.2, 0.25) is 0 Å². The van der Waals surface area contributed by atoms with E-state index in [0.717, 1.165) is 22.6 Å². The lowest BCUT2D eigenvalue weighted by molar-refractivity contribution is -0.274. The summed E-state index contributed by atoms with van der Waals surface area (Å²) in [5.41, 5.74) is 6.09. The van der Waals surface area contributed by atoms with Crippen molar-refractivity contribution >= 4 is 11.8 Å². The molecule has 0 aliphatic heterocycles. The van der Waals surface area contributed by atoms with Crippen LogP contribution in [0.5, 0.6) is 5.75 Å². The number of nitrogens with two attached hydrogens (primary N) is 1. The fourth-order valence-electron chi connectivity index (χ4n) is 1.26. The van der Waals surface area contributed by atoms with Crippen LogP contribution in [0.1, 0.15) is 12.0 Å². The molecule has 0 spiro atoms. The van der Waals surface area contributed by atoms with Crippen molar-refractivity contribution in [1.29, 1.82) is 0 Å². The van der Waals surface area contributed by atoms with E-state index in [1.165, 1.54) is 23.9 Å². The van der Waals surface area contributed by atoms with Crippen LogP contribution in [0.4, 0.5) is 13.2 Å². The monoisotopic (exact) mass is 265 g/mol. The Morgan fingerprint density at radius 2 is 2.00 bits per heavy atom. The smallest absolute Gasteiger partial charge is 0.406 e. The second-order valence-electron chi connectivity index (χ2n) is 3.52. The number of alkyl halides is 3. The van der Waals surface area contributed by atoms with E-state index < -0.39 is 6.36 Å². The maximum Gasteiger partial charge on any atom is 0.573 e. The van der Waals surface area contributed by atoms with Gasteiger partial charge in [0, 0.05) is 4.90 Å². The number of hydrogen-bond donors (Lipinski definition) is 1. The highest BCUT2D eigenvalue weighted by molar-refractivity contribution is 7.99. The van der Waals surface area contributed by atoms with Crippen LogP contribution in [-0.2, 0) is 0 Å². The maximum absolute atomic E-state index is 12.1. The molecule has 0 radical (unpaired) electrons. The molecule has 96 valence electrons. The second kappa shape index (κ2) is 6.16. The van der Waals surface area contributed by atoms with Crippen molar-refractivity contribution in [3.8, 4) is 5.75 Å². The highest BCUT2D eigenvalue weighted by atomic mass is 32.2. The van der Waals surface area contributed by atoms with E-state index in [1.54, 1.807) is 6.92 Å². The van der Waals surface area contributed by atoms with Gasteiger partial charge in [0.1, 0.15) is 5.75 Å². The van der Waals surface area contributed by atoms with Crippen molar-refractivity contribution in [2.75, 3.05) is 12.3 Å². The summed E-state index contributed by atoms with van der Waals surface area (Å²) in [6, 6.07) is 4.58. The topological polar surface area (TPSA) is 35.2 Å². The molecule has 0 aromatic heterocycles. The van der Waals surface area contributed by atoms with Crippen LogP contribution in [0.25, 0.3) is 0 Å². The fourth-order valence-corrected chi connectivity index (χ4v) is 2.28. The molecule has 6 heteroatoms. The Hall–Kier alpha value is -0.880. The van der Waals surface area contributed by atoms with Crippen LogP contribution in [0.2, 0.25) is 0 Å². The first-order valence-corrected chi connectivity index (χ1v) is 6.09. The summed E-state index contributed by atoms with van der Waals surface area (Å²) in [6.45, 7) is 2.31. The standard InChI is InChI=1S/C11H14F3NOS/c1-8-5-9(16-11(12,13)14)7-10(6-8)17-4-2-3-15/h5-7H,2-4,15H2,1H3. The average molecular weight is 265 g/mol. The van der Waals surface area contributed by atoms with Crippen molar-refractivity contribution in [3.05, 3.63) is 23.8 Å². The minimum Gasteiger partial charge on any atom is -0.406 e. The second-order valence-corrected chi connectivity index (χ2v) is 4.69. The van der Waals surface area contributed by atoms with Gasteiger partial charge in [0.15, 0.2) is 0 Å². The summed E-state index contributed by atoms with van der Waals surface area (Å²) >= 11 is 1.47. The molecule has 0 saturated heterocycles. The molecule has 1 rings (SSSR count). The Labute approximate surface area is 102 Å². The Morgan fingerprint density at radius 1 is 1.29 bits per heavy atom. The molecule has 17 heavy (non-hydrogen) atoms.